The number of rotatable bonds is 5. The Kier molecular flexibility index (Phi) is 5.27. The second-order valence-corrected chi connectivity index (χ2v) is 7.93. The van der Waals surface area contributed by atoms with Crippen LogP contribution in [0.4, 0.5) is 0 Å². The average Bonchev–Trinajstić information content (AvgIpc) is 3.23. The number of likely N-dealkylation sites (tertiary alicyclic amines) is 1. The van der Waals surface area contributed by atoms with Gasteiger partial charge in [-0.3, -0.25) is 4.99 Å². The molecule has 0 spiro atoms. The van der Waals surface area contributed by atoms with Gasteiger partial charge in [0.15, 0.2) is 5.96 Å². The predicted molar refractivity (Wildman–Crippen MR) is 100 cm³/mol. The molecular weight excluding hydrogens is 352 g/mol. The van der Waals surface area contributed by atoms with Crippen LogP contribution in [-0.4, -0.2) is 51.1 Å². The van der Waals surface area contributed by atoms with Gasteiger partial charge < -0.3 is 15.5 Å². The molecule has 0 radical (unpaired) electrons. The molecule has 23 heavy (non-hydrogen) atoms. The smallest absolute Gasteiger partial charge is 0.191 e. The summed E-state index contributed by atoms with van der Waals surface area (Å²) in [6.45, 7) is 4.36. The van der Waals surface area contributed by atoms with Crippen LogP contribution < -0.4 is 10.6 Å². The molecule has 1 heterocycles. The molecular formula is C18H27BrN4. The van der Waals surface area contributed by atoms with Gasteiger partial charge in [0.25, 0.3) is 0 Å². The molecule has 1 unspecified atom stereocenters. The largest absolute Gasteiger partial charge is 0.356 e. The van der Waals surface area contributed by atoms with Crippen molar-refractivity contribution in [1.82, 2.24) is 15.5 Å². The summed E-state index contributed by atoms with van der Waals surface area (Å²) in [6, 6.07) is 8.71. The molecule has 1 aromatic carbocycles. The SMILES string of the molecule is CN=C(NCC1CCN(C)C1)NCC1(c2cccc(Br)c2)CC1. The second kappa shape index (κ2) is 7.22. The first-order chi connectivity index (χ1) is 11.1. The van der Waals surface area contributed by atoms with Crippen LogP contribution in [0.25, 0.3) is 0 Å². The van der Waals surface area contributed by atoms with Crippen LogP contribution in [0.15, 0.2) is 33.7 Å². The van der Waals surface area contributed by atoms with E-state index in [0.717, 1.165) is 29.4 Å². The van der Waals surface area contributed by atoms with E-state index in [1.54, 1.807) is 0 Å². The lowest BCUT2D eigenvalue weighted by Crippen LogP contribution is -2.43. The summed E-state index contributed by atoms with van der Waals surface area (Å²) in [5, 5.41) is 7.03. The molecule has 3 rings (SSSR count). The number of halogens is 1. The summed E-state index contributed by atoms with van der Waals surface area (Å²) >= 11 is 3.58. The fourth-order valence-electron chi connectivity index (χ4n) is 3.44. The van der Waals surface area contributed by atoms with E-state index in [9.17, 15) is 0 Å². The number of hydrogen-bond donors (Lipinski definition) is 2. The fraction of sp³-hybridized carbons (Fsp3) is 0.611. The highest BCUT2D eigenvalue weighted by atomic mass is 79.9. The van der Waals surface area contributed by atoms with Crippen molar-refractivity contribution in [2.75, 3.05) is 40.3 Å². The summed E-state index contributed by atoms with van der Waals surface area (Å²) in [5.41, 5.74) is 1.71. The van der Waals surface area contributed by atoms with Crippen LogP contribution in [0.5, 0.6) is 0 Å². The van der Waals surface area contributed by atoms with Gasteiger partial charge in [0.1, 0.15) is 0 Å². The monoisotopic (exact) mass is 378 g/mol. The summed E-state index contributed by atoms with van der Waals surface area (Å²) in [4.78, 5) is 6.78. The van der Waals surface area contributed by atoms with Gasteiger partial charge in [-0.1, -0.05) is 28.1 Å². The van der Waals surface area contributed by atoms with E-state index in [2.05, 4.69) is 67.8 Å². The molecule has 0 bridgehead atoms. The lowest BCUT2D eigenvalue weighted by Gasteiger charge is -2.20. The number of nitrogens with zero attached hydrogens (tertiary/aromatic N) is 2. The van der Waals surface area contributed by atoms with Crippen LogP contribution in [0, 0.1) is 5.92 Å². The zero-order valence-electron chi connectivity index (χ0n) is 14.1. The molecule has 1 atom stereocenters. The number of nitrogens with one attached hydrogen (secondary N) is 2. The van der Waals surface area contributed by atoms with Crippen LogP contribution in [0.2, 0.25) is 0 Å². The first kappa shape index (κ1) is 16.8. The molecule has 126 valence electrons. The van der Waals surface area contributed by atoms with Crippen LogP contribution in [-0.2, 0) is 5.41 Å². The quantitative estimate of drug-likeness (QED) is 0.610. The Morgan fingerprint density at radius 1 is 1.39 bits per heavy atom. The maximum absolute atomic E-state index is 4.38. The third-order valence-electron chi connectivity index (χ3n) is 5.16. The lowest BCUT2D eigenvalue weighted by molar-refractivity contribution is 0.393. The topological polar surface area (TPSA) is 39.7 Å². The second-order valence-electron chi connectivity index (χ2n) is 7.01. The zero-order chi connectivity index (χ0) is 16.3. The molecule has 2 N–H and O–H groups in total. The van der Waals surface area contributed by atoms with Crippen LogP contribution >= 0.6 is 15.9 Å². The van der Waals surface area contributed by atoms with Crippen molar-refractivity contribution in [1.29, 1.82) is 0 Å². The van der Waals surface area contributed by atoms with Gasteiger partial charge >= 0.3 is 0 Å². The molecule has 2 aliphatic rings. The third-order valence-corrected chi connectivity index (χ3v) is 5.65. The zero-order valence-corrected chi connectivity index (χ0v) is 15.7. The molecule has 1 aliphatic heterocycles. The van der Waals surface area contributed by atoms with E-state index in [0.29, 0.717) is 0 Å². The minimum atomic E-state index is 0.287. The Balaban J connectivity index is 1.50. The standard InChI is InChI=1S/C18H27BrN4/c1-20-17(21-11-14-6-9-23(2)12-14)22-13-18(7-8-18)15-4-3-5-16(19)10-15/h3-5,10,14H,6-9,11-13H2,1-2H3,(H2,20,21,22). The first-order valence-electron chi connectivity index (χ1n) is 8.50. The number of guanidine groups is 1. The Bertz CT molecular complexity index is 568. The highest BCUT2D eigenvalue weighted by Gasteiger charge is 2.44. The summed E-state index contributed by atoms with van der Waals surface area (Å²) < 4.78 is 1.16. The van der Waals surface area contributed by atoms with Gasteiger partial charge in [0, 0.05) is 36.6 Å². The molecule has 1 aliphatic carbocycles. The first-order valence-corrected chi connectivity index (χ1v) is 9.30. The summed E-state index contributed by atoms with van der Waals surface area (Å²) in [6.07, 6.45) is 3.78. The van der Waals surface area contributed by atoms with Gasteiger partial charge in [-0.05, 0) is 56.5 Å². The molecule has 1 saturated carbocycles. The van der Waals surface area contributed by atoms with E-state index >= 15 is 0 Å². The Morgan fingerprint density at radius 3 is 2.83 bits per heavy atom. The Labute approximate surface area is 147 Å². The van der Waals surface area contributed by atoms with Gasteiger partial charge in [0.05, 0.1) is 0 Å². The molecule has 0 amide bonds. The maximum atomic E-state index is 4.38. The Hall–Kier alpha value is -1.07. The summed E-state index contributed by atoms with van der Waals surface area (Å²) in [5.74, 6) is 1.67. The molecule has 0 aromatic heterocycles. The van der Waals surface area contributed by atoms with Crippen molar-refractivity contribution in [3.8, 4) is 0 Å². The van der Waals surface area contributed by atoms with E-state index < -0.39 is 0 Å². The van der Waals surface area contributed by atoms with Gasteiger partial charge in [-0.2, -0.15) is 0 Å². The van der Waals surface area contributed by atoms with Gasteiger partial charge in [0.2, 0.25) is 0 Å². The molecule has 1 aromatic rings. The van der Waals surface area contributed by atoms with Crippen LogP contribution in [0.1, 0.15) is 24.8 Å². The molecule has 1 saturated heterocycles. The summed E-state index contributed by atoms with van der Waals surface area (Å²) in [7, 11) is 4.05. The maximum Gasteiger partial charge on any atom is 0.191 e. The van der Waals surface area contributed by atoms with E-state index in [4.69, 9.17) is 0 Å². The van der Waals surface area contributed by atoms with Crippen molar-refractivity contribution in [3.63, 3.8) is 0 Å². The van der Waals surface area contributed by atoms with Gasteiger partial charge in [-0.25, -0.2) is 0 Å². The van der Waals surface area contributed by atoms with E-state index in [1.165, 1.54) is 37.9 Å². The van der Waals surface area contributed by atoms with E-state index in [1.807, 2.05) is 7.05 Å². The number of benzene rings is 1. The highest BCUT2D eigenvalue weighted by molar-refractivity contribution is 9.10. The predicted octanol–water partition coefficient (Wildman–Crippen LogP) is 2.60. The third kappa shape index (κ3) is 4.27. The van der Waals surface area contributed by atoms with Crippen molar-refractivity contribution < 1.29 is 0 Å². The minimum absolute atomic E-state index is 0.287. The Morgan fingerprint density at radius 2 is 2.22 bits per heavy atom. The van der Waals surface area contributed by atoms with Gasteiger partial charge in [-0.15, -0.1) is 0 Å². The van der Waals surface area contributed by atoms with Crippen molar-refractivity contribution in [2.24, 2.45) is 10.9 Å². The fourth-order valence-corrected chi connectivity index (χ4v) is 3.84. The normalized spacial score (nSPS) is 23.8. The highest BCUT2D eigenvalue weighted by Crippen LogP contribution is 2.48. The van der Waals surface area contributed by atoms with Crippen molar-refractivity contribution >= 4 is 21.9 Å². The molecule has 2 fully saturated rings. The number of hydrogen-bond acceptors (Lipinski definition) is 2. The van der Waals surface area contributed by atoms with Crippen LogP contribution in [0.3, 0.4) is 0 Å². The molecule has 5 heteroatoms. The average molecular weight is 379 g/mol. The molecule has 4 nitrogen and oxygen atoms in total. The number of aliphatic imine (C=N–C) groups is 1. The van der Waals surface area contributed by atoms with Crippen molar-refractivity contribution in [2.45, 2.75) is 24.7 Å². The van der Waals surface area contributed by atoms with E-state index in [-0.39, 0.29) is 5.41 Å². The van der Waals surface area contributed by atoms with Crippen molar-refractivity contribution in [3.05, 3.63) is 34.3 Å². The lowest BCUT2D eigenvalue weighted by atomic mass is 9.96. The minimum Gasteiger partial charge on any atom is -0.356 e.